The van der Waals surface area contributed by atoms with Crippen molar-refractivity contribution < 1.29 is 5.11 Å². The normalized spacial score (nSPS) is 13.0. The Kier molecular flexibility index (Phi) is 4.62. The fraction of sp³-hybridized carbons (Fsp3) is 0.727. The van der Waals surface area contributed by atoms with Crippen molar-refractivity contribution in [3.63, 3.8) is 0 Å². The summed E-state index contributed by atoms with van der Waals surface area (Å²) >= 11 is 0. The molecule has 0 aliphatic rings. The van der Waals surface area contributed by atoms with Crippen LogP contribution in [-0.4, -0.2) is 14.9 Å². The molecular formula is C11H21N3O. The first-order valence-electron chi connectivity index (χ1n) is 5.62. The number of hydrogen-bond donors (Lipinski definition) is 2. The molecule has 4 nitrogen and oxygen atoms in total. The molecule has 86 valence electrons. The molecule has 0 aromatic carbocycles. The van der Waals surface area contributed by atoms with Crippen molar-refractivity contribution in [2.24, 2.45) is 7.05 Å². The summed E-state index contributed by atoms with van der Waals surface area (Å²) < 4.78 is 1.59. The number of aryl methyl sites for hydroxylation is 1. The van der Waals surface area contributed by atoms with Gasteiger partial charge in [0.25, 0.3) is 0 Å². The number of anilines is 1. The van der Waals surface area contributed by atoms with E-state index in [-0.39, 0.29) is 0 Å². The van der Waals surface area contributed by atoms with Crippen LogP contribution in [0.25, 0.3) is 0 Å². The second kappa shape index (κ2) is 5.75. The summed E-state index contributed by atoms with van der Waals surface area (Å²) in [5, 5.41) is 13.9. The van der Waals surface area contributed by atoms with E-state index in [2.05, 4.69) is 12.0 Å². The molecule has 3 N–H and O–H groups in total. The van der Waals surface area contributed by atoms with Crippen molar-refractivity contribution >= 4 is 5.82 Å². The number of aliphatic hydroxyl groups is 1. The van der Waals surface area contributed by atoms with Crippen LogP contribution in [0.15, 0.2) is 6.20 Å². The SMILES string of the molecule is CCCCCCC(O)c1cnn(C)c1N. The van der Waals surface area contributed by atoms with Crippen LogP contribution in [0.2, 0.25) is 0 Å². The number of aromatic nitrogens is 2. The van der Waals surface area contributed by atoms with E-state index >= 15 is 0 Å². The Bertz CT molecular complexity index is 296. The Hall–Kier alpha value is -1.03. The van der Waals surface area contributed by atoms with Gasteiger partial charge < -0.3 is 10.8 Å². The number of unbranched alkanes of at least 4 members (excludes halogenated alkanes) is 3. The van der Waals surface area contributed by atoms with Gasteiger partial charge in [0, 0.05) is 12.6 Å². The van der Waals surface area contributed by atoms with E-state index in [9.17, 15) is 5.11 Å². The first-order chi connectivity index (χ1) is 7.16. The maximum Gasteiger partial charge on any atom is 0.127 e. The van der Waals surface area contributed by atoms with Crippen LogP contribution in [0, 0.1) is 0 Å². The van der Waals surface area contributed by atoms with Gasteiger partial charge in [-0.1, -0.05) is 32.6 Å². The van der Waals surface area contributed by atoms with Crippen LogP contribution in [0.4, 0.5) is 5.82 Å². The fourth-order valence-corrected chi connectivity index (χ4v) is 1.64. The van der Waals surface area contributed by atoms with E-state index in [1.807, 2.05) is 0 Å². The molecule has 1 heterocycles. The lowest BCUT2D eigenvalue weighted by Gasteiger charge is -2.09. The van der Waals surface area contributed by atoms with Crippen LogP contribution in [0.5, 0.6) is 0 Å². The van der Waals surface area contributed by atoms with Crippen molar-refractivity contribution in [2.75, 3.05) is 5.73 Å². The molecule has 0 radical (unpaired) electrons. The van der Waals surface area contributed by atoms with Crippen LogP contribution in [-0.2, 0) is 7.05 Å². The summed E-state index contributed by atoms with van der Waals surface area (Å²) in [4.78, 5) is 0. The lowest BCUT2D eigenvalue weighted by molar-refractivity contribution is 0.164. The maximum atomic E-state index is 9.88. The van der Waals surface area contributed by atoms with E-state index in [0.29, 0.717) is 5.82 Å². The fourth-order valence-electron chi connectivity index (χ4n) is 1.64. The molecule has 0 saturated heterocycles. The van der Waals surface area contributed by atoms with E-state index in [4.69, 9.17) is 5.73 Å². The summed E-state index contributed by atoms with van der Waals surface area (Å²) in [6.45, 7) is 2.18. The molecular weight excluding hydrogens is 190 g/mol. The molecule has 0 fully saturated rings. The Balaban J connectivity index is 2.40. The van der Waals surface area contributed by atoms with Crippen molar-refractivity contribution in [3.05, 3.63) is 11.8 Å². The minimum atomic E-state index is -0.462. The summed E-state index contributed by atoms with van der Waals surface area (Å²) in [5.41, 5.74) is 6.53. The topological polar surface area (TPSA) is 64.1 Å². The van der Waals surface area contributed by atoms with Gasteiger partial charge in [-0.05, 0) is 6.42 Å². The second-order valence-corrected chi connectivity index (χ2v) is 3.97. The van der Waals surface area contributed by atoms with E-state index in [1.165, 1.54) is 19.3 Å². The Morgan fingerprint density at radius 1 is 1.47 bits per heavy atom. The minimum absolute atomic E-state index is 0.462. The smallest absolute Gasteiger partial charge is 0.127 e. The van der Waals surface area contributed by atoms with Gasteiger partial charge in [-0.15, -0.1) is 0 Å². The highest BCUT2D eigenvalue weighted by Gasteiger charge is 2.13. The van der Waals surface area contributed by atoms with Gasteiger partial charge >= 0.3 is 0 Å². The highest BCUT2D eigenvalue weighted by molar-refractivity contribution is 5.39. The number of nitrogens with two attached hydrogens (primary N) is 1. The molecule has 1 unspecified atom stereocenters. The Labute approximate surface area is 91.1 Å². The van der Waals surface area contributed by atoms with E-state index in [1.54, 1.807) is 17.9 Å². The van der Waals surface area contributed by atoms with Crippen LogP contribution < -0.4 is 5.73 Å². The van der Waals surface area contributed by atoms with Gasteiger partial charge in [-0.3, -0.25) is 4.68 Å². The summed E-state index contributed by atoms with van der Waals surface area (Å²) in [6.07, 6.45) is 6.63. The second-order valence-electron chi connectivity index (χ2n) is 3.97. The van der Waals surface area contributed by atoms with Gasteiger partial charge in [0.2, 0.25) is 0 Å². The summed E-state index contributed by atoms with van der Waals surface area (Å²) in [5.74, 6) is 0.568. The third kappa shape index (κ3) is 3.23. The maximum absolute atomic E-state index is 9.88. The number of aliphatic hydroxyl groups excluding tert-OH is 1. The Morgan fingerprint density at radius 2 is 2.20 bits per heavy atom. The molecule has 1 aromatic heterocycles. The molecule has 1 atom stereocenters. The summed E-state index contributed by atoms with van der Waals surface area (Å²) in [7, 11) is 1.78. The highest BCUT2D eigenvalue weighted by Crippen LogP contribution is 2.24. The first-order valence-corrected chi connectivity index (χ1v) is 5.62. The average molecular weight is 211 g/mol. The lowest BCUT2D eigenvalue weighted by atomic mass is 10.0. The third-order valence-corrected chi connectivity index (χ3v) is 2.70. The molecule has 0 aliphatic heterocycles. The predicted octanol–water partition coefficient (Wildman–Crippen LogP) is 2.01. The highest BCUT2D eigenvalue weighted by atomic mass is 16.3. The summed E-state index contributed by atoms with van der Waals surface area (Å²) in [6, 6.07) is 0. The van der Waals surface area contributed by atoms with Crippen molar-refractivity contribution in [2.45, 2.75) is 45.1 Å². The zero-order valence-corrected chi connectivity index (χ0v) is 9.61. The molecule has 1 rings (SSSR count). The predicted molar refractivity (Wildman–Crippen MR) is 61.3 cm³/mol. The minimum Gasteiger partial charge on any atom is -0.388 e. The number of hydrogen-bond acceptors (Lipinski definition) is 3. The molecule has 4 heteroatoms. The van der Waals surface area contributed by atoms with Crippen LogP contribution >= 0.6 is 0 Å². The van der Waals surface area contributed by atoms with Gasteiger partial charge in [-0.25, -0.2) is 0 Å². The van der Waals surface area contributed by atoms with E-state index in [0.717, 1.165) is 18.4 Å². The zero-order chi connectivity index (χ0) is 11.3. The average Bonchev–Trinajstić information content (AvgIpc) is 2.55. The van der Waals surface area contributed by atoms with Crippen LogP contribution in [0.3, 0.4) is 0 Å². The quantitative estimate of drug-likeness (QED) is 0.707. The van der Waals surface area contributed by atoms with Gasteiger partial charge in [0.1, 0.15) is 5.82 Å². The number of rotatable bonds is 6. The molecule has 0 bridgehead atoms. The van der Waals surface area contributed by atoms with Gasteiger partial charge in [-0.2, -0.15) is 5.10 Å². The zero-order valence-electron chi connectivity index (χ0n) is 9.61. The standard InChI is InChI=1S/C11H21N3O/c1-3-4-5-6-7-10(15)9-8-13-14(2)11(9)12/h8,10,15H,3-7,12H2,1-2H3. The molecule has 0 spiro atoms. The number of nitrogens with zero attached hydrogens (tertiary/aromatic N) is 2. The Morgan fingerprint density at radius 3 is 2.73 bits per heavy atom. The van der Waals surface area contributed by atoms with Crippen molar-refractivity contribution in [3.8, 4) is 0 Å². The third-order valence-electron chi connectivity index (χ3n) is 2.70. The van der Waals surface area contributed by atoms with Gasteiger partial charge in [0.15, 0.2) is 0 Å². The number of nitrogen functional groups attached to an aromatic ring is 1. The largest absolute Gasteiger partial charge is 0.388 e. The molecule has 15 heavy (non-hydrogen) atoms. The van der Waals surface area contributed by atoms with Gasteiger partial charge in [0.05, 0.1) is 12.3 Å². The first kappa shape index (κ1) is 12.0. The molecule has 0 aliphatic carbocycles. The van der Waals surface area contributed by atoms with Crippen LogP contribution in [0.1, 0.15) is 50.7 Å². The molecule has 0 saturated carbocycles. The van der Waals surface area contributed by atoms with Crippen molar-refractivity contribution in [1.82, 2.24) is 9.78 Å². The lowest BCUT2D eigenvalue weighted by Crippen LogP contribution is -2.03. The molecule has 0 amide bonds. The molecule has 1 aromatic rings. The van der Waals surface area contributed by atoms with E-state index < -0.39 is 6.10 Å². The van der Waals surface area contributed by atoms with Crippen molar-refractivity contribution in [1.29, 1.82) is 0 Å². The monoisotopic (exact) mass is 211 g/mol.